The van der Waals surface area contributed by atoms with Gasteiger partial charge in [0.2, 0.25) is 0 Å². The number of non-ortho nitro benzene ring substituents is 1. The molecule has 7 nitrogen and oxygen atoms in total. The molecule has 0 heterocycles. The molecule has 0 saturated carbocycles. The molecule has 18 heavy (non-hydrogen) atoms. The predicted molar refractivity (Wildman–Crippen MR) is 62.5 cm³/mol. The van der Waals surface area contributed by atoms with Crippen LogP contribution < -0.4 is 0 Å². The molecule has 0 unspecified atom stereocenters. The van der Waals surface area contributed by atoms with Gasteiger partial charge in [0.1, 0.15) is 0 Å². The van der Waals surface area contributed by atoms with Crippen molar-refractivity contribution < 1.29 is 19.4 Å². The summed E-state index contributed by atoms with van der Waals surface area (Å²) < 4.78 is 0. The van der Waals surface area contributed by atoms with Crippen LogP contribution in [0.25, 0.3) is 0 Å². The highest BCUT2D eigenvalue weighted by atomic mass is 17.0. The van der Waals surface area contributed by atoms with Crippen LogP contribution in [0.3, 0.4) is 0 Å². The largest absolute Gasteiger partial charge is 0.304 e. The van der Waals surface area contributed by atoms with Crippen molar-refractivity contribution >= 4 is 11.6 Å². The van der Waals surface area contributed by atoms with Crippen LogP contribution in [0, 0.1) is 10.1 Å². The van der Waals surface area contributed by atoms with Crippen LogP contribution in [0.2, 0.25) is 0 Å². The summed E-state index contributed by atoms with van der Waals surface area (Å²) in [6, 6.07) is 5.37. The molecule has 0 aliphatic heterocycles. The van der Waals surface area contributed by atoms with E-state index in [-0.39, 0.29) is 24.5 Å². The highest BCUT2D eigenvalue weighted by molar-refractivity contribution is 5.93. The highest BCUT2D eigenvalue weighted by Gasteiger charge is 2.19. The number of benzene rings is 1. The molecule has 98 valence electrons. The average molecular weight is 254 g/mol. The number of amides is 1. The third kappa shape index (κ3) is 3.51. The minimum absolute atomic E-state index is 0.131. The topological polar surface area (TPSA) is 81.9 Å². The lowest BCUT2D eigenvalue weighted by Crippen LogP contribution is -2.31. The number of hydrogen-bond acceptors (Lipinski definition) is 5. The van der Waals surface area contributed by atoms with Crippen LogP contribution >= 0.6 is 0 Å². The Morgan fingerprint density at radius 1 is 1.33 bits per heavy atom. The smallest absolute Gasteiger partial charge is 0.264 e. The molecule has 1 aromatic rings. The lowest BCUT2D eigenvalue weighted by Gasteiger charge is -2.18. The van der Waals surface area contributed by atoms with Crippen LogP contribution in [-0.2, 0) is 9.68 Å². The fourth-order valence-electron chi connectivity index (χ4n) is 1.25. The van der Waals surface area contributed by atoms with Crippen LogP contribution in [0.5, 0.6) is 0 Å². The first kappa shape index (κ1) is 14.1. The summed E-state index contributed by atoms with van der Waals surface area (Å²) in [7, 11) is 0. The second-order valence-electron chi connectivity index (χ2n) is 3.21. The maximum Gasteiger partial charge on any atom is 0.304 e. The molecule has 1 amide bonds. The van der Waals surface area contributed by atoms with E-state index >= 15 is 0 Å². The van der Waals surface area contributed by atoms with E-state index in [2.05, 4.69) is 0 Å². The minimum atomic E-state index is -0.581. The van der Waals surface area contributed by atoms with Gasteiger partial charge in [0, 0.05) is 12.1 Å². The zero-order valence-corrected chi connectivity index (χ0v) is 10.2. The molecule has 0 saturated heterocycles. The summed E-state index contributed by atoms with van der Waals surface area (Å²) in [4.78, 5) is 32.0. The molecule has 0 N–H and O–H groups in total. The number of hydrogen-bond donors (Lipinski definition) is 0. The molecule has 0 aromatic heterocycles. The van der Waals surface area contributed by atoms with E-state index in [9.17, 15) is 14.9 Å². The Bertz CT molecular complexity index is 429. The van der Waals surface area contributed by atoms with Gasteiger partial charge in [-0.05, 0) is 19.9 Å². The Morgan fingerprint density at radius 2 is 1.94 bits per heavy atom. The zero-order chi connectivity index (χ0) is 13.5. The number of nitro groups is 1. The van der Waals surface area contributed by atoms with Crippen molar-refractivity contribution in [2.45, 2.75) is 13.8 Å². The van der Waals surface area contributed by atoms with E-state index in [1.165, 1.54) is 24.3 Å². The molecule has 0 fully saturated rings. The third-order valence-electron chi connectivity index (χ3n) is 1.96. The van der Waals surface area contributed by atoms with Gasteiger partial charge in [-0.1, -0.05) is 11.3 Å². The summed E-state index contributed by atoms with van der Waals surface area (Å²) in [6.07, 6.45) is 0. The van der Waals surface area contributed by atoms with Crippen molar-refractivity contribution in [3.05, 3.63) is 39.9 Å². The van der Waals surface area contributed by atoms with Gasteiger partial charge in [-0.25, -0.2) is 9.68 Å². The molecule has 1 aromatic carbocycles. The maximum absolute atomic E-state index is 12.0. The first-order valence-electron chi connectivity index (χ1n) is 5.44. The summed E-state index contributed by atoms with van der Waals surface area (Å²) in [5, 5.41) is 11.4. The van der Waals surface area contributed by atoms with E-state index in [1.54, 1.807) is 13.8 Å². The third-order valence-corrected chi connectivity index (χ3v) is 1.96. The van der Waals surface area contributed by atoms with Gasteiger partial charge in [-0.15, -0.1) is 0 Å². The predicted octanol–water partition coefficient (Wildman–Crippen LogP) is 1.94. The zero-order valence-electron chi connectivity index (χ0n) is 10.2. The van der Waals surface area contributed by atoms with Crippen molar-refractivity contribution in [2.24, 2.45) is 0 Å². The van der Waals surface area contributed by atoms with Gasteiger partial charge < -0.3 is 0 Å². The van der Waals surface area contributed by atoms with Gasteiger partial charge in [0.05, 0.1) is 23.7 Å². The summed E-state index contributed by atoms with van der Waals surface area (Å²) in [5.74, 6) is -0.581. The Kier molecular flexibility index (Phi) is 5.22. The number of nitro benzene ring substituents is 1. The first-order chi connectivity index (χ1) is 8.60. The van der Waals surface area contributed by atoms with E-state index in [0.717, 1.165) is 5.23 Å². The van der Waals surface area contributed by atoms with E-state index < -0.39 is 10.8 Å². The van der Waals surface area contributed by atoms with Gasteiger partial charge in [-0.2, -0.15) is 0 Å². The normalized spacial score (nSPS) is 10.1. The molecule has 7 heteroatoms. The lowest BCUT2D eigenvalue weighted by molar-refractivity contribution is -0.384. The summed E-state index contributed by atoms with van der Waals surface area (Å²) in [6.45, 7) is 3.90. The summed E-state index contributed by atoms with van der Waals surface area (Å²) in [5.41, 5.74) is -0.0279. The molecule has 0 radical (unpaired) electrons. The molecule has 0 aliphatic carbocycles. The van der Waals surface area contributed by atoms with Crippen molar-refractivity contribution in [1.82, 2.24) is 5.23 Å². The van der Waals surface area contributed by atoms with Crippen molar-refractivity contribution in [2.75, 3.05) is 13.2 Å². The Hall–Kier alpha value is -1.99. The monoisotopic (exact) mass is 254 g/mol. The fraction of sp³-hybridized carbons (Fsp3) is 0.364. The molecule has 0 bridgehead atoms. The Morgan fingerprint density at radius 3 is 2.44 bits per heavy atom. The summed E-state index contributed by atoms with van der Waals surface area (Å²) >= 11 is 0. The highest BCUT2D eigenvalue weighted by Crippen LogP contribution is 2.15. The number of rotatable bonds is 6. The first-order valence-corrected chi connectivity index (χ1v) is 5.44. The SMILES string of the molecule is CCON(OCC)C(=O)c1cccc([N+](=O)[O-])c1. The van der Waals surface area contributed by atoms with Gasteiger partial charge in [0.25, 0.3) is 5.69 Å². The quantitative estimate of drug-likeness (QED) is 0.572. The van der Waals surface area contributed by atoms with Crippen molar-refractivity contribution in [1.29, 1.82) is 0 Å². The van der Waals surface area contributed by atoms with E-state index in [4.69, 9.17) is 9.68 Å². The molecule has 0 atom stereocenters. The second kappa shape index (κ2) is 6.67. The van der Waals surface area contributed by atoms with Crippen LogP contribution in [0.1, 0.15) is 24.2 Å². The van der Waals surface area contributed by atoms with E-state index in [1.807, 2.05) is 0 Å². The van der Waals surface area contributed by atoms with Crippen molar-refractivity contribution in [3.63, 3.8) is 0 Å². The maximum atomic E-state index is 12.0. The number of carbonyl (C=O) groups is 1. The van der Waals surface area contributed by atoms with Crippen LogP contribution in [0.15, 0.2) is 24.3 Å². The van der Waals surface area contributed by atoms with Crippen LogP contribution in [-0.4, -0.2) is 29.3 Å². The lowest BCUT2D eigenvalue weighted by atomic mass is 10.2. The van der Waals surface area contributed by atoms with Gasteiger partial charge in [0.15, 0.2) is 0 Å². The minimum Gasteiger partial charge on any atom is -0.264 e. The fourth-order valence-corrected chi connectivity index (χ4v) is 1.25. The van der Waals surface area contributed by atoms with Crippen molar-refractivity contribution in [3.8, 4) is 0 Å². The second-order valence-corrected chi connectivity index (χ2v) is 3.21. The Labute approximate surface area is 104 Å². The molecular weight excluding hydrogens is 240 g/mol. The molecule has 0 spiro atoms. The van der Waals surface area contributed by atoms with Gasteiger partial charge >= 0.3 is 5.91 Å². The molecule has 0 aliphatic rings. The van der Waals surface area contributed by atoms with E-state index in [0.29, 0.717) is 0 Å². The number of nitrogens with zero attached hydrogens (tertiary/aromatic N) is 2. The number of carbonyl (C=O) groups excluding carboxylic acids is 1. The standard InChI is InChI=1S/C11H14N2O5/c1-3-17-13(18-4-2)11(14)9-6-5-7-10(8-9)12(15)16/h5-8H,3-4H2,1-2H3. The molecular formula is C11H14N2O5. The van der Waals surface area contributed by atoms with Crippen LogP contribution in [0.4, 0.5) is 5.69 Å². The molecule has 1 rings (SSSR count). The van der Waals surface area contributed by atoms with Gasteiger partial charge in [-0.3, -0.25) is 14.9 Å². The average Bonchev–Trinajstić information content (AvgIpc) is 2.38. The Balaban J connectivity index is 2.93. The number of hydroxylamine groups is 2.